The van der Waals surface area contributed by atoms with Gasteiger partial charge in [-0.1, -0.05) is 6.07 Å². The highest BCUT2D eigenvalue weighted by molar-refractivity contribution is 5.93. The Kier molecular flexibility index (Phi) is 4.03. The lowest BCUT2D eigenvalue weighted by Crippen LogP contribution is -2.44. The number of hydrogen-bond donors (Lipinski definition) is 0. The van der Waals surface area contributed by atoms with Gasteiger partial charge >= 0.3 is 0 Å². The lowest BCUT2D eigenvalue weighted by Gasteiger charge is -2.33. The highest BCUT2D eigenvalue weighted by Gasteiger charge is 2.44. The normalized spacial score (nSPS) is 23.0. The van der Waals surface area contributed by atoms with Crippen molar-refractivity contribution in [3.63, 3.8) is 0 Å². The van der Waals surface area contributed by atoms with Gasteiger partial charge in [-0.3, -0.25) is 14.6 Å². The number of amides is 2. The Balaban J connectivity index is 1.45. The molecule has 0 unspecified atom stereocenters. The average Bonchev–Trinajstić information content (AvgIpc) is 3.24. The molecule has 0 aliphatic carbocycles. The SMILES string of the molecule is Cn1cccc1C(=O)N1C[C@H]2CCN(Cc3cccnc3)C(=O)[C@@H]2C1. The number of piperidine rings is 1. The molecule has 2 aliphatic heterocycles. The number of carbonyl (C=O) groups excluding carboxylic acids is 2. The number of pyridine rings is 1. The maximum absolute atomic E-state index is 12.9. The van der Waals surface area contributed by atoms with Crippen LogP contribution >= 0.6 is 0 Å². The zero-order chi connectivity index (χ0) is 17.4. The largest absolute Gasteiger partial charge is 0.347 e. The predicted octanol–water partition coefficient (Wildman–Crippen LogP) is 1.54. The minimum Gasteiger partial charge on any atom is -0.347 e. The van der Waals surface area contributed by atoms with Gasteiger partial charge in [0, 0.05) is 51.8 Å². The van der Waals surface area contributed by atoms with Crippen LogP contribution in [0, 0.1) is 11.8 Å². The minimum absolute atomic E-state index is 0.0218. The first kappa shape index (κ1) is 15.9. The third kappa shape index (κ3) is 2.92. The Morgan fingerprint density at radius 3 is 2.88 bits per heavy atom. The highest BCUT2D eigenvalue weighted by atomic mass is 16.2. The van der Waals surface area contributed by atoms with Gasteiger partial charge in [-0.15, -0.1) is 0 Å². The standard InChI is InChI=1S/C19H22N4O2/c1-21-8-3-5-17(21)19(25)23-12-15-6-9-22(18(24)16(15)13-23)11-14-4-2-7-20-10-14/h2-5,7-8,10,15-16H,6,9,11-13H2,1H3/t15-,16-/m1/s1. The molecule has 0 aromatic carbocycles. The highest BCUT2D eigenvalue weighted by Crippen LogP contribution is 2.33. The summed E-state index contributed by atoms with van der Waals surface area (Å²) in [5.74, 6) is 0.396. The van der Waals surface area contributed by atoms with Crippen LogP contribution in [-0.4, -0.2) is 50.8 Å². The van der Waals surface area contributed by atoms with Gasteiger partial charge in [-0.25, -0.2) is 0 Å². The molecule has 2 atom stereocenters. The molecule has 2 aromatic rings. The average molecular weight is 338 g/mol. The molecule has 2 fully saturated rings. The van der Waals surface area contributed by atoms with Crippen molar-refractivity contribution in [2.75, 3.05) is 19.6 Å². The van der Waals surface area contributed by atoms with E-state index in [1.165, 1.54) is 0 Å². The van der Waals surface area contributed by atoms with E-state index in [1.54, 1.807) is 12.4 Å². The molecule has 6 heteroatoms. The van der Waals surface area contributed by atoms with Crippen molar-refractivity contribution in [2.24, 2.45) is 18.9 Å². The van der Waals surface area contributed by atoms with E-state index in [0.29, 0.717) is 25.3 Å². The maximum atomic E-state index is 12.9. The van der Waals surface area contributed by atoms with Crippen molar-refractivity contribution in [1.29, 1.82) is 0 Å². The van der Waals surface area contributed by atoms with Crippen LogP contribution in [0.5, 0.6) is 0 Å². The fourth-order valence-corrected chi connectivity index (χ4v) is 3.99. The van der Waals surface area contributed by atoms with Gasteiger partial charge in [-0.05, 0) is 36.1 Å². The smallest absolute Gasteiger partial charge is 0.270 e. The van der Waals surface area contributed by atoms with Crippen molar-refractivity contribution in [3.8, 4) is 0 Å². The van der Waals surface area contributed by atoms with Crippen molar-refractivity contribution in [2.45, 2.75) is 13.0 Å². The van der Waals surface area contributed by atoms with Crippen molar-refractivity contribution < 1.29 is 9.59 Å². The number of hydrogen-bond acceptors (Lipinski definition) is 3. The minimum atomic E-state index is -0.0744. The van der Waals surface area contributed by atoms with E-state index in [4.69, 9.17) is 0 Å². The third-order valence-electron chi connectivity index (χ3n) is 5.39. The Labute approximate surface area is 147 Å². The summed E-state index contributed by atoms with van der Waals surface area (Å²) >= 11 is 0. The molecule has 4 rings (SSSR count). The second kappa shape index (κ2) is 6.35. The van der Waals surface area contributed by atoms with E-state index in [-0.39, 0.29) is 23.7 Å². The first-order valence-corrected chi connectivity index (χ1v) is 8.72. The van der Waals surface area contributed by atoms with Crippen LogP contribution in [0.1, 0.15) is 22.5 Å². The molecule has 2 amide bonds. The first-order chi connectivity index (χ1) is 12.1. The second-order valence-electron chi connectivity index (χ2n) is 6.99. The van der Waals surface area contributed by atoms with Crippen LogP contribution in [0.2, 0.25) is 0 Å². The molecule has 2 saturated heterocycles. The monoisotopic (exact) mass is 338 g/mol. The Hall–Kier alpha value is -2.63. The summed E-state index contributed by atoms with van der Waals surface area (Å²) in [5, 5.41) is 0. The number of rotatable bonds is 3. The van der Waals surface area contributed by atoms with Crippen LogP contribution in [0.4, 0.5) is 0 Å². The molecule has 0 radical (unpaired) electrons. The van der Waals surface area contributed by atoms with E-state index in [9.17, 15) is 9.59 Å². The first-order valence-electron chi connectivity index (χ1n) is 8.72. The molecule has 0 bridgehead atoms. The molecule has 0 N–H and O–H groups in total. The molecule has 0 spiro atoms. The zero-order valence-corrected chi connectivity index (χ0v) is 14.3. The summed E-state index contributed by atoms with van der Waals surface area (Å²) in [4.78, 5) is 33.5. The van der Waals surface area contributed by atoms with E-state index < -0.39 is 0 Å². The number of aromatic nitrogens is 2. The van der Waals surface area contributed by atoms with Gasteiger partial charge in [0.05, 0.1) is 5.92 Å². The molecule has 25 heavy (non-hydrogen) atoms. The Bertz CT molecular complexity index is 786. The van der Waals surface area contributed by atoms with E-state index in [0.717, 1.165) is 18.5 Å². The molecule has 2 aliphatic rings. The van der Waals surface area contributed by atoms with Crippen LogP contribution in [0.3, 0.4) is 0 Å². The summed E-state index contributed by atoms with van der Waals surface area (Å²) in [6.45, 7) is 2.56. The van der Waals surface area contributed by atoms with Crippen molar-refractivity contribution >= 4 is 11.8 Å². The number of likely N-dealkylation sites (tertiary alicyclic amines) is 2. The second-order valence-corrected chi connectivity index (χ2v) is 6.99. The van der Waals surface area contributed by atoms with Gasteiger partial charge in [0.15, 0.2) is 0 Å². The number of aryl methyl sites for hydroxylation is 1. The van der Waals surface area contributed by atoms with Gasteiger partial charge in [-0.2, -0.15) is 0 Å². The van der Waals surface area contributed by atoms with E-state index in [2.05, 4.69) is 4.98 Å². The molecule has 130 valence electrons. The molecule has 6 nitrogen and oxygen atoms in total. The van der Waals surface area contributed by atoms with Gasteiger partial charge in [0.2, 0.25) is 5.91 Å². The van der Waals surface area contributed by atoms with Crippen molar-refractivity contribution in [1.82, 2.24) is 19.4 Å². The Morgan fingerprint density at radius 1 is 1.28 bits per heavy atom. The lowest BCUT2D eigenvalue weighted by atomic mass is 9.88. The van der Waals surface area contributed by atoms with Gasteiger partial charge in [0.1, 0.15) is 5.69 Å². The van der Waals surface area contributed by atoms with E-state index in [1.807, 2.05) is 51.9 Å². The summed E-state index contributed by atoms with van der Waals surface area (Å²) in [6, 6.07) is 7.59. The molecule has 0 saturated carbocycles. The molecular formula is C19H22N4O2. The molecule has 4 heterocycles. The number of fused-ring (bicyclic) bond motifs is 1. The van der Waals surface area contributed by atoms with Crippen LogP contribution in [-0.2, 0) is 18.4 Å². The number of carbonyl (C=O) groups is 2. The summed E-state index contributed by atoms with van der Waals surface area (Å²) in [6.07, 6.45) is 6.37. The summed E-state index contributed by atoms with van der Waals surface area (Å²) < 4.78 is 1.83. The lowest BCUT2D eigenvalue weighted by molar-refractivity contribution is -0.140. The number of nitrogens with zero attached hydrogens (tertiary/aromatic N) is 4. The van der Waals surface area contributed by atoms with Gasteiger partial charge < -0.3 is 14.4 Å². The van der Waals surface area contributed by atoms with Crippen LogP contribution in [0.15, 0.2) is 42.9 Å². The predicted molar refractivity (Wildman–Crippen MR) is 92.6 cm³/mol. The molecule has 2 aromatic heterocycles. The summed E-state index contributed by atoms with van der Waals surface area (Å²) in [7, 11) is 1.87. The fourth-order valence-electron chi connectivity index (χ4n) is 3.99. The molecular weight excluding hydrogens is 316 g/mol. The van der Waals surface area contributed by atoms with Crippen LogP contribution < -0.4 is 0 Å². The topological polar surface area (TPSA) is 58.4 Å². The quantitative estimate of drug-likeness (QED) is 0.853. The zero-order valence-electron chi connectivity index (χ0n) is 14.3. The maximum Gasteiger partial charge on any atom is 0.270 e. The third-order valence-corrected chi connectivity index (χ3v) is 5.39. The summed E-state index contributed by atoms with van der Waals surface area (Å²) in [5.41, 5.74) is 1.72. The van der Waals surface area contributed by atoms with E-state index >= 15 is 0 Å². The van der Waals surface area contributed by atoms with Crippen LogP contribution in [0.25, 0.3) is 0 Å². The fraction of sp³-hybridized carbons (Fsp3) is 0.421. The Morgan fingerprint density at radius 2 is 2.16 bits per heavy atom. The van der Waals surface area contributed by atoms with Gasteiger partial charge in [0.25, 0.3) is 5.91 Å². The van der Waals surface area contributed by atoms with Crippen molar-refractivity contribution in [3.05, 3.63) is 54.1 Å².